The van der Waals surface area contributed by atoms with E-state index in [1.54, 1.807) is 0 Å². The maximum atomic E-state index is 11.7. The summed E-state index contributed by atoms with van der Waals surface area (Å²) in [7, 11) is 1.45. The van der Waals surface area contributed by atoms with Crippen LogP contribution in [0.25, 0.3) is 16.3 Å². The zero-order valence-corrected chi connectivity index (χ0v) is 14.7. The molecule has 3 nitrogen and oxygen atoms in total. The highest BCUT2D eigenvalue weighted by molar-refractivity contribution is 6.19. The van der Waals surface area contributed by atoms with Gasteiger partial charge in [0.15, 0.2) is 0 Å². The number of rotatable bonds is 3. The van der Waals surface area contributed by atoms with Crippen LogP contribution in [0.2, 0.25) is 0 Å². The van der Waals surface area contributed by atoms with Crippen LogP contribution in [-0.4, -0.2) is 18.2 Å². The first kappa shape index (κ1) is 17.6. The number of carbonyl (C=O) groups is 1. The van der Waals surface area contributed by atoms with Gasteiger partial charge in [-0.15, -0.1) is 0 Å². The van der Waals surface area contributed by atoms with Crippen LogP contribution in [0.5, 0.6) is 0 Å². The Morgan fingerprint density at radius 2 is 1.88 bits per heavy atom. The number of fused-ring (bicyclic) bond motifs is 1. The SMILES string of the molecule is COC=C(C(=O)O)c1c(C)ccc2ccc(C#CC(C)(C)C)cc12. The first-order valence-corrected chi connectivity index (χ1v) is 7.76. The molecule has 0 aliphatic heterocycles. The van der Waals surface area contributed by atoms with Crippen molar-refractivity contribution in [2.24, 2.45) is 5.41 Å². The van der Waals surface area contributed by atoms with E-state index in [1.165, 1.54) is 13.4 Å². The van der Waals surface area contributed by atoms with Crippen molar-refractivity contribution in [2.75, 3.05) is 7.11 Å². The third kappa shape index (κ3) is 3.97. The molecule has 0 bridgehead atoms. The van der Waals surface area contributed by atoms with Gasteiger partial charge >= 0.3 is 5.97 Å². The Balaban J connectivity index is 2.74. The molecule has 0 fully saturated rings. The fourth-order valence-electron chi connectivity index (χ4n) is 2.46. The number of methoxy groups -OCH3 is 1. The third-order valence-corrected chi connectivity index (χ3v) is 3.55. The Morgan fingerprint density at radius 1 is 1.21 bits per heavy atom. The van der Waals surface area contributed by atoms with Crippen molar-refractivity contribution < 1.29 is 14.6 Å². The third-order valence-electron chi connectivity index (χ3n) is 3.55. The van der Waals surface area contributed by atoms with E-state index < -0.39 is 5.97 Å². The van der Waals surface area contributed by atoms with Crippen LogP contribution < -0.4 is 0 Å². The summed E-state index contributed by atoms with van der Waals surface area (Å²) in [5, 5.41) is 11.4. The van der Waals surface area contributed by atoms with Crippen molar-refractivity contribution in [2.45, 2.75) is 27.7 Å². The van der Waals surface area contributed by atoms with Gasteiger partial charge in [-0.3, -0.25) is 0 Å². The number of carboxylic acids is 1. The molecule has 0 amide bonds. The molecule has 0 saturated heterocycles. The van der Waals surface area contributed by atoms with Crippen LogP contribution in [-0.2, 0) is 9.53 Å². The average Bonchev–Trinajstić information content (AvgIpc) is 2.50. The molecule has 0 aromatic heterocycles. The van der Waals surface area contributed by atoms with E-state index in [9.17, 15) is 9.90 Å². The second-order valence-corrected chi connectivity index (χ2v) is 6.77. The smallest absolute Gasteiger partial charge is 0.339 e. The van der Waals surface area contributed by atoms with Crippen molar-refractivity contribution in [3.05, 3.63) is 53.3 Å². The Morgan fingerprint density at radius 3 is 2.46 bits per heavy atom. The summed E-state index contributed by atoms with van der Waals surface area (Å²) in [4.78, 5) is 11.7. The number of benzene rings is 2. The van der Waals surface area contributed by atoms with Gasteiger partial charge in [-0.1, -0.05) is 30.0 Å². The van der Waals surface area contributed by atoms with Crippen LogP contribution >= 0.6 is 0 Å². The number of aliphatic carboxylic acids is 1. The van der Waals surface area contributed by atoms with Gasteiger partial charge in [0, 0.05) is 16.5 Å². The maximum absolute atomic E-state index is 11.7. The lowest BCUT2D eigenvalue weighted by atomic mass is 9.92. The van der Waals surface area contributed by atoms with Gasteiger partial charge in [-0.25, -0.2) is 4.79 Å². The molecule has 2 aromatic rings. The Hall–Kier alpha value is -2.73. The van der Waals surface area contributed by atoms with E-state index in [0.717, 1.165) is 21.9 Å². The predicted octanol–water partition coefficient (Wildman–Crippen LogP) is 4.62. The Kier molecular flexibility index (Phi) is 4.99. The van der Waals surface area contributed by atoms with E-state index in [2.05, 4.69) is 32.6 Å². The number of hydrogen-bond acceptors (Lipinski definition) is 2. The second-order valence-electron chi connectivity index (χ2n) is 6.77. The molecule has 0 spiro atoms. The molecule has 0 unspecified atom stereocenters. The highest BCUT2D eigenvalue weighted by Crippen LogP contribution is 2.30. The van der Waals surface area contributed by atoms with Crippen LogP contribution in [0, 0.1) is 24.2 Å². The highest BCUT2D eigenvalue weighted by atomic mass is 16.5. The van der Waals surface area contributed by atoms with Gasteiger partial charge in [0.2, 0.25) is 0 Å². The summed E-state index contributed by atoms with van der Waals surface area (Å²) in [5.74, 6) is 5.37. The standard InChI is InChI=1S/C21H22O3/c1-14-6-8-16-9-7-15(10-11-21(2,3)4)12-17(16)19(14)18(13-24-5)20(22)23/h6-9,12-13H,1-5H3,(H,22,23). The minimum absolute atomic E-state index is 0.0907. The van der Waals surface area contributed by atoms with Crippen molar-refractivity contribution in [3.8, 4) is 11.8 Å². The molecule has 0 aliphatic carbocycles. The molecule has 1 N–H and O–H groups in total. The second kappa shape index (κ2) is 6.80. The highest BCUT2D eigenvalue weighted by Gasteiger charge is 2.17. The van der Waals surface area contributed by atoms with Crippen molar-refractivity contribution in [1.29, 1.82) is 0 Å². The lowest BCUT2D eigenvalue weighted by molar-refractivity contribution is -0.130. The molecule has 124 valence electrons. The van der Waals surface area contributed by atoms with Crippen molar-refractivity contribution in [3.63, 3.8) is 0 Å². The molecule has 0 saturated carbocycles. The zero-order valence-electron chi connectivity index (χ0n) is 14.7. The van der Waals surface area contributed by atoms with Gasteiger partial charge in [0.1, 0.15) is 5.57 Å². The van der Waals surface area contributed by atoms with Gasteiger partial charge in [0.05, 0.1) is 13.4 Å². The molecule has 2 aromatic carbocycles. The van der Waals surface area contributed by atoms with E-state index in [-0.39, 0.29) is 11.0 Å². The number of hydrogen-bond donors (Lipinski definition) is 1. The number of aryl methyl sites for hydroxylation is 1. The maximum Gasteiger partial charge on any atom is 0.339 e. The zero-order chi connectivity index (χ0) is 17.9. The van der Waals surface area contributed by atoms with Crippen LogP contribution in [0.4, 0.5) is 0 Å². The molecule has 2 rings (SSSR count). The quantitative estimate of drug-likeness (QED) is 0.509. The predicted molar refractivity (Wildman–Crippen MR) is 97.6 cm³/mol. The summed E-state index contributed by atoms with van der Waals surface area (Å²) in [5.41, 5.74) is 2.47. The summed E-state index contributed by atoms with van der Waals surface area (Å²) in [6, 6.07) is 9.78. The number of ether oxygens (including phenoxy) is 1. The van der Waals surface area contributed by atoms with Gasteiger partial charge in [0.25, 0.3) is 0 Å². The molecule has 3 heteroatoms. The summed E-state index contributed by atoms with van der Waals surface area (Å²) in [6.07, 6.45) is 1.28. The van der Waals surface area contributed by atoms with E-state index >= 15 is 0 Å². The van der Waals surface area contributed by atoms with E-state index in [0.29, 0.717) is 5.56 Å². The normalized spacial score (nSPS) is 11.8. The molecule has 0 radical (unpaired) electrons. The molecular formula is C21H22O3. The molecule has 0 heterocycles. The topological polar surface area (TPSA) is 46.5 Å². The van der Waals surface area contributed by atoms with Crippen LogP contribution in [0.3, 0.4) is 0 Å². The molecular weight excluding hydrogens is 300 g/mol. The van der Waals surface area contributed by atoms with Gasteiger partial charge < -0.3 is 9.84 Å². The minimum Gasteiger partial charge on any atom is -0.503 e. The van der Waals surface area contributed by atoms with E-state index in [4.69, 9.17) is 4.74 Å². The molecule has 0 aliphatic rings. The fourth-order valence-corrected chi connectivity index (χ4v) is 2.46. The van der Waals surface area contributed by atoms with E-state index in [1.807, 2.05) is 37.3 Å². The summed E-state index contributed by atoms with van der Waals surface area (Å²) < 4.78 is 4.98. The lowest BCUT2D eigenvalue weighted by Gasteiger charge is -2.12. The molecule has 0 atom stereocenters. The Bertz CT molecular complexity index is 872. The molecule has 24 heavy (non-hydrogen) atoms. The number of carboxylic acid groups (broad SMARTS) is 1. The van der Waals surface area contributed by atoms with Crippen LogP contribution in [0.1, 0.15) is 37.5 Å². The summed E-state index contributed by atoms with van der Waals surface area (Å²) in [6.45, 7) is 8.07. The first-order chi connectivity index (χ1) is 11.2. The lowest BCUT2D eigenvalue weighted by Crippen LogP contribution is -2.03. The summed E-state index contributed by atoms with van der Waals surface area (Å²) >= 11 is 0. The average molecular weight is 322 g/mol. The van der Waals surface area contributed by atoms with Crippen molar-refractivity contribution in [1.82, 2.24) is 0 Å². The largest absolute Gasteiger partial charge is 0.503 e. The fraction of sp³-hybridized carbons (Fsp3) is 0.286. The van der Waals surface area contributed by atoms with Crippen LogP contribution in [0.15, 0.2) is 36.6 Å². The minimum atomic E-state index is -1.02. The Labute approximate surface area is 143 Å². The van der Waals surface area contributed by atoms with Gasteiger partial charge in [-0.2, -0.15) is 0 Å². The monoisotopic (exact) mass is 322 g/mol. The first-order valence-electron chi connectivity index (χ1n) is 7.76. The van der Waals surface area contributed by atoms with Crippen molar-refractivity contribution >= 4 is 22.3 Å². The van der Waals surface area contributed by atoms with Gasteiger partial charge in [-0.05, 0) is 56.2 Å².